The van der Waals surface area contributed by atoms with Crippen LogP contribution in [0.25, 0.3) is 0 Å². The zero-order valence-corrected chi connectivity index (χ0v) is 15.7. The Hall–Kier alpha value is -3.34. The second kappa shape index (κ2) is 8.36. The molecule has 3 aromatic rings. The molecule has 0 saturated heterocycles. The fraction of sp³-hybridized carbons (Fsp3) is 0.182. The normalized spacial score (nSPS) is 10.5. The molecule has 5 heteroatoms. The van der Waals surface area contributed by atoms with E-state index in [4.69, 9.17) is 4.74 Å². The summed E-state index contributed by atoms with van der Waals surface area (Å²) in [6, 6.07) is 17.1. The van der Waals surface area contributed by atoms with Crippen molar-refractivity contribution in [1.82, 2.24) is 4.98 Å². The number of hydrogen-bond donors (Lipinski definition) is 2. The summed E-state index contributed by atoms with van der Waals surface area (Å²) >= 11 is 0. The van der Waals surface area contributed by atoms with E-state index < -0.39 is 0 Å². The molecular formula is C22H23N3O2. The first-order valence-corrected chi connectivity index (χ1v) is 8.86. The van der Waals surface area contributed by atoms with Crippen LogP contribution in [0, 0.1) is 6.92 Å². The number of ether oxygens (including phenoxy) is 1. The molecule has 0 fully saturated rings. The number of carbonyl (C=O) groups is 1. The molecule has 2 aromatic carbocycles. The minimum Gasteiger partial charge on any atom is -0.491 e. The highest BCUT2D eigenvalue weighted by Crippen LogP contribution is 2.20. The molecule has 2 N–H and O–H groups in total. The van der Waals surface area contributed by atoms with Crippen LogP contribution in [0.1, 0.15) is 29.8 Å². The van der Waals surface area contributed by atoms with E-state index in [1.165, 1.54) is 5.56 Å². The Labute approximate surface area is 159 Å². The Morgan fingerprint density at radius 1 is 0.926 bits per heavy atom. The minimum absolute atomic E-state index is 0.111. The van der Waals surface area contributed by atoms with E-state index in [1.807, 2.05) is 69.3 Å². The van der Waals surface area contributed by atoms with Gasteiger partial charge in [0.05, 0.1) is 23.6 Å². The van der Waals surface area contributed by atoms with Gasteiger partial charge >= 0.3 is 0 Å². The molecule has 1 heterocycles. The number of pyridine rings is 1. The van der Waals surface area contributed by atoms with Gasteiger partial charge in [-0.2, -0.15) is 0 Å². The van der Waals surface area contributed by atoms with Crippen LogP contribution in [-0.4, -0.2) is 17.0 Å². The Morgan fingerprint density at radius 3 is 2.26 bits per heavy atom. The van der Waals surface area contributed by atoms with Crippen LogP contribution in [0.3, 0.4) is 0 Å². The van der Waals surface area contributed by atoms with E-state index in [2.05, 4.69) is 15.6 Å². The molecule has 138 valence electrons. The van der Waals surface area contributed by atoms with Gasteiger partial charge in [0, 0.05) is 17.6 Å². The largest absolute Gasteiger partial charge is 0.491 e. The summed E-state index contributed by atoms with van der Waals surface area (Å²) in [5.74, 6) is 0.557. The Balaban J connectivity index is 1.67. The number of nitrogens with one attached hydrogen (secondary N) is 2. The predicted octanol–water partition coefficient (Wildman–Crippen LogP) is 5.17. The number of aromatic nitrogens is 1. The van der Waals surface area contributed by atoms with Gasteiger partial charge in [0.25, 0.3) is 5.91 Å². The van der Waals surface area contributed by atoms with Crippen molar-refractivity contribution < 1.29 is 9.53 Å². The van der Waals surface area contributed by atoms with E-state index >= 15 is 0 Å². The van der Waals surface area contributed by atoms with E-state index in [-0.39, 0.29) is 12.0 Å². The average molecular weight is 361 g/mol. The van der Waals surface area contributed by atoms with Gasteiger partial charge in [0.1, 0.15) is 5.75 Å². The Bertz CT molecular complexity index is 904. The first-order chi connectivity index (χ1) is 13.0. The molecule has 1 amide bonds. The third-order valence-electron chi connectivity index (χ3n) is 3.82. The predicted molar refractivity (Wildman–Crippen MR) is 109 cm³/mol. The fourth-order valence-electron chi connectivity index (χ4n) is 2.53. The monoisotopic (exact) mass is 361 g/mol. The summed E-state index contributed by atoms with van der Waals surface area (Å²) in [6.45, 7) is 5.98. The molecule has 0 spiro atoms. The summed E-state index contributed by atoms with van der Waals surface area (Å²) in [4.78, 5) is 16.7. The summed E-state index contributed by atoms with van der Waals surface area (Å²) in [7, 11) is 0. The van der Waals surface area contributed by atoms with Crippen molar-refractivity contribution >= 4 is 23.0 Å². The molecule has 0 aliphatic carbocycles. The van der Waals surface area contributed by atoms with Crippen LogP contribution in [0.15, 0.2) is 67.0 Å². The molecule has 0 saturated carbocycles. The van der Waals surface area contributed by atoms with Crippen molar-refractivity contribution in [2.24, 2.45) is 0 Å². The third-order valence-corrected chi connectivity index (χ3v) is 3.82. The van der Waals surface area contributed by atoms with Gasteiger partial charge in [0.2, 0.25) is 0 Å². The van der Waals surface area contributed by atoms with E-state index in [9.17, 15) is 4.79 Å². The van der Waals surface area contributed by atoms with Gasteiger partial charge in [-0.1, -0.05) is 17.7 Å². The molecule has 0 unspecified atom stereocenters. The van der Waals surface area contributed by atoms with Crippen LogP contribution in [-0.2, 0) is 0 Å². The summed E-state index contributed by atoms with van der Waals surface area (Å²) in [5, 5.41) is 6.13. The third kappa shape index (κ3) is 5.31. The fourth-order valence-corrected chi connectivity index (χ4v) is 2.53. The zero-order valence-electron chi connectivity index (χ0n) is 15.7. The highest BCUT2D eigenvalue weighted by Gasteiger charge is 2.08. The van der Waals surface area contributed by atoms with E-state index in [1.54, 1.807) is 18.5 Å². The zero-order chi connectivity index (χ0) is 19.2. The number of carbonyl (C=O) groups excluding carboxylic acids is 1. The molecule has 27 heavy (non-hydrogen) atoms. The summed E-state index contributed by atoms with van der Waals surface area (Å²) in [5.41, 5.74) is 4.08. The van der Waals surface area contributed by atoms with Gasteiger partial charge in [-0.3, -0.25) is 9.78 Å². The van der Waals surface area contributed by atoms with Crippen LogP contribution in [0.5, 0.6) is 5.75 Å². The van der Waals surface area contributed by atoms with Crippen LogP contribution < -0.4 is 15.4 Å². The number of rotatable bonds is 6. The van der Waals surface area contributed by atoms with Crippen molar-refractivity contribution in [2.45, 2.75) is 26.9 Å². The van der Waals surface area contributed by atoms with Gasteiger partial charge in [0.15, 0.2) is 0 Å². The standard InChI is InChI=1S/C22H23N3O2/c1-15(2)27-21-10-8-19(9-11-21)25-22(26)17-12-20(14-23-13-17)24-18-6-4-16(3)5-7-18/h4-15,24H,1-3H3,(H,25,26). The SMILES string of the molecule is Cc1ccc(Nc2cncc(C(=O)Nc3ccc(OC(C)C)cc3)c2)cc1. The number of amides is 1. The number of hydrogen-bond acceptors (Lipinski definition) is 4. The minimum atomic E-state index is -0.215. The van der Waals surface area contributed by atoms with E-state index in [0.717, 1.165) is 17.1 Å². The van der Waals surface area contributed by atoms with Crippen molar-refractivity contribution in [1.29, 1.82) is 0 Å². The van der Waals surface area contributed by atoms with Crippen LogP contribution in [0.4, 0.5) is 17.1 Å². The molecule has 0 radical (unpaired) electrons. The number of nitrogens with zero attached hydrogens (tertiary/aromatic N) is 1. The van der Waals surface area contributed by atoms with Crippen molar-refractivity contribution in [3.05, 3.63) is 78.1 Å². The number of aryl methyl sites for hydroxylation is 1. The second-order valence-electron chi connectivity index (χ2n) is 6.60. The highest BCUT2D eigenvalue weighted by atomic mass is 16.5. The van der Waals surface area contributed by atoms with Gasteiger partial charge in [-0.15, -0.1) is 0 Å². The first kappa shape index (κ1) is 18.5. The average Bonchev–Trinajstić information content (AvgIpc) is 2.65. The smallest absolute Gasteiger partial charge is 0.257 e. The Morgan fingerprint density at radius 2 is 1.59 bits per heavy atom. The molecule has 0 atom stereocenters. The lowest BCUT2D eigenvalue weighted by Gasteiger charge is -2.11. The maximum absolute atomic E-state index is 12.5. The van der Waals surface area contributed by atoms with Gasteiger partial charge < -0.3 is 15.4 Å². The molecular weight excluding hydrogens is 338 g/mol. The quantitative estimate of drug-likeness (QED) is 0.635. The van der Waals surface area contributed by atoms with Crippen LogP contribution >= 0.6 is 0 Å². The van der Waals surface area contributed by atoms with Crippen molar-refractivity contribution in [3.63, 3.8) is 0 Å². The molecule has 5 nitrogen and oxygen atoms in total. The Kier molecular flexibility index (Phi) is 5.71. The number of benzene rings is 2. The summed E-state index contributed by atoms with van der Waals surface area (Å²) < 4.78 is 5.61. The lowest BCUT2D eigenvalue weighted by molar-refractivity contribution is 0.102. The molecule has 0 bridgehead atoms. The van der Waals surface area contributed by atoms with Gasteiger partial charge in [-0.05, 0) is 63.2 Å². The number of anilines is 3. The van der Waals surface area contributed by atoms with Crippen molar-refractivity contribution in [3.8, 4) is 5.75 Å². The topological polar surface area (TPSA) is 63.2 Å². The lowest BCUT2D eigenvalue weighted by Crippen LogP contribution is -2.12. The lowest BCUT2D eigenvalue weighted by atomic mass is 10.2. The molecule has 0 aliphatic rings. The van der Waals surface area contributed by atoms with Gasteiger partial charge in [-0.25, -0.2) is 0 Å². The van der Waals surface area contributed by atoms with Crippen molar-refractivity contribution in [2.75, 3.05) is 10.6 Å². The molecule has 3 rings (SSSR count). The first-order valence-electron chi connectivity index (χ1n) is 8.86. The maximum Gasteiger partial charge on any atom is 0.257 e. The van der Waals surface area contributed by atoms with E-state index in [0.29, 0.717) is 11.3 Å². The molecule has 0 aliphatic heterocycles. The molecule has 1 aromatic heterocycles. The summed E-state index contributed by atoms with van der Waals surface area (Å²) in [6.07, 6.45) is 3.35. The maximum atomic E-state index is 12.5. The second-order valence-corrected chi connectivity index (χ2v) is 6.60. The van der Waals surface area contributed by atoms with Crippen LogP contribution in [0.2, 0.25) is 0 Å². The highest BCUT2D eigenvalue weighted by molar-refractivity contribution is 6.04.